The number of nitro groups is 1. The number of rotatable bonds is 2. The number of nitrogen functional groups attached to an aromatic ring is 1. The first-order valence-electron chi connectivity index (χ1n) is 5.08. The molecule has 0 saturated carbocycles. The van der Waals surface area contributed by atoms with E-state index in [4.69, 9.17) is 11.0 Å². The van der Waals surface area contributed by atoms with Crippen LogP contribution in [0, 0.1) is 28.4 Å². The summed E-state index contributed by atoms with van der Waals surface area (Å²) in [5, 5.41) is 20.0. The van der Waals surface area contributed by atoms with Crippen molar-refractivity contribution in [2.45, 2.75) is 6.92 Å². The molecule has 0 saturated heterocycles. The van der Waals surface area contributed by atoms with Crippen molar-refractivity contribution in [3.05, 3.63) is 45.5 Å². The molecule has 0 spiro atoms. The Hall–Kier alpha value is -2.39. The molecule has 0 atom stereocenters. The van der Waals surface area contributed by atoms with Gasteiger partial charge in [0.1, 0.15) is 11.1 Å². The third kappa shape index (κ3) is 1.92. The minimum atomic E-state index is -0.444. The lowest BCUT2D eigenvalue weighted by atomic mass is 10.1. The lowest BCUT2D eigenvalue weighted by Crippen LogP contribution is -1.87. The van der Waals surface area contributed by atoms with Crippen LogP contribution in [-0.2, 0) is 0 Å². The second-order valence-corrected chi connectivity index (χ2v) is 4.76. The van der Waals surface area contributed by atoms with Crippen LogP contribution >= 0.6 is 11.3 Å². The van der Waals surface area contributed by atoms with E-state index in [1.165, 1.54) is 23.5 Å². The van der Waals surface area contributed by atoms with Crippen LogP contribution in [0.25, 0.3) is 10.4 Å². The Labute approximate surface area is 107 Å². The van der Waals surface area contributed by atoms with Crippen molar-refractivity contribution in [2.24, 2.45) is 0 Å². The van der Waals surface area contributed by atoms with Crippen molar-refractivity contribution in [1.29, 1.82) is 5.26 Å². The van der Waals surface area contributed by atoms with Crippen LogP contribution in [0.4, 0.5) is 10.7 Å². The molecule has 0 aliphatic carbocycles. The van der Waals surface area contributed by atoms with Crippen molar-refractivity contribution in [1.82, 2.24) is 0 Å². The molecule has 0 aliphatic rings. The highest BCUT2D eigenvalue weighted by atomic mass is 32.1. The fourth-order valence-corrected chi connectivity index (χ4v) is 2.71. The summed E-state index contributed by atoms with van der Waals surface area (Å²) in [5.74, 6) is 0. The lowest BCUT2D eigenvalue weighted by molar-refractivity contribution is -0.384. The molecule has 1 aromatic heterocycles. The van der Waals surface area contributed by atoms with E-state index >= 15 is 0 Å². The Morgan fingerprint density at radius 1 is 1.39 bits per heavy atom. The highest BCUT2D eigenvalue weighted by Gasteiger charge is 2.14. The maximum absolute atomic E-state index is 10.6. The Kier molecular flexibility index (Phi) is 3.00. The molecule has 6 heteroatoms. The van der Waals surface area contributed by atoms with Gasteiger partial charge in [-0.3, -0.25) is 10.1 Å². The monoisotopic (exact) mass is 259 g/mol. The molecule has 0 bridgehead atoms. The molecular weight excluding hydrogens is 250 g/mol. The highest BCUT2D eigenvalue weighted by Crippen LogP contribution is 2.38. The molecular formula is C12H9N3O2S. The average molecular weight is 259 g/mol. The van der Waals surface area contributed by atoms with E-state index < -0.39 is 4.92 Å². The van der Waals surface area contributed by atoms with Crippen LogP contribution in [0.3, 0.4) is 0 Å². The SMILES string of the molecule is Cc1c(-c2ccc([N+](=O)[O-])cc2)sc(N)c1C#N. The van der Waals surface area contributed by atoms with Gasteiger partial charge in [-0.15, -0.1) is 11.3 Å². The lowest BCUT2D eigenvalue weighted by Gasteiger charge is -1.99. The minimum absolute atomic E-state index is 0.0430. The maximum atomic E-state index is 10.6. The molecule has 2 aromatic rings. The topological polar surface area (TPSA) is 92.9 Å². The second-order valence-electron chi connectivity index (χ2n) is 3.71. The summed E-state index contributed by atoms with van der Waals surface area (Å²) in [6.45, 7) is 1.82. The first-order chi connectivity index (χ1) is 8.54. The molecule has 90 valence electrons. The Morgan fingerprint density at radius 3 is 2.44 bits per heavy atom. The largest absolute Gasteiger partial charge is 0.389 e. The fraction of sp³-hybridized carbons (Fsp3) is 0.0833. The normalized spacial score (nSPS) is 10.0. The van der Waals surface area contributed by atoms with Gasteiger partial charge >= 0.3 is 0 Å². The zero-order chi connectivity index (χ0) is 13.3. The van der Waals surface area contributed by atoms with E-state index in [0.29, 0.717) is 10.6 Å². The second kappa shape index (κ2) is 4.47. The van der Waals surface area contributed by atoms with Crippen LogP contribution in [0.5, 0.6) is 0 Å². The number of anilines is 1. The minimum Gasteiger partial charge on any atom is -0.389 e. The summed E-state index contributed by atoms with van der Waals surface area (Å²) in [5.41, 5.74) is 7.92. The van der Waals surface area contributed by atoms with Gasteiger partial charge < -0.3 is 5.73 Å². The van der Waals surface area contributed by atoms with Crippen LogP contribution in [0.15, 0.2) is 24.3 Å². The third-order valence-corrected chi connectivity index (χ3v) is 3.80. The van der Waals surface area contributed by atoms with Crippen molar-refractivity contribution in [3.63, 3.8) is 0 Å². The van der Waals surface area contributed by atoms with Crippen molar-refractivity contribution < 1.29 is 4.92 Å². The van der Waals surface area contributed by atoms with Gasteiger partial charge in [-0.2, -0.15) is 5.26 Å². The summed E-state index contributed by atoms with van der Waals surface area (Å²) in [6.07, 6.45) is 0. The summed E-state index contributed by atoms with van der Waals surface area (Å²) in [6, 6.07) is 8.27. The number of nitrogens with zero attached hydrogens (tertiary/aromatic N) is 2. The zero-order valence-corrected chi connectivity index (χ0v) is 10.3. The van der Waals surface area contributed by atoms with Gasteiger partial charge in [-0.1, -0.05) is 0 Å². The number of thiophene rings is 1. The molecule has 5 nitrogen and oxygen atoms in total. The highest BCUT2D eigenvalue weighted by molar-refractivity contribution is 7.19. The van der Waals surface area contributed by atoms with Crippen LogP contribution < -0.4 is 5.73 Å². The zero-order valence-electron chi connectivity index (χ0n) is 9.51. The molecule has 0 amide bonds. The molecule has 0 radical (unpaired) electrons. The number of non-ortho nitro benzene ring substituents is 1. The van der Waals surface area contributed by atoms with Gasteiger partial charge in [0.2, 0.25) is 0 Å². The molecule has 0 aliphatic heterocycles. The van der Waals surface area contributed by atoms with Crippen molar-refractivity contribution >= 4 is 22.0 Å². The predicted octanol–water partition coefficient (Wildman–Crippen LogP) is 3.09. The van der Waals surface area contributed by atoms with E-state index in [1.807, 2.05) is 6.92 Å². The van der Waals surface area contributed by atoms with Gasteiger partial charge in [0.15, 0.2) is 0 Å². The molecule has 1 heterocycles. The molecule has 0 unspecified atom stereocenters. The van der Waals surface area contributed by atoms with Gasteiger partial charge in [0.25, 0.3) is 5.69 Å². The number of nitro benzene ring substituents is 1. The Balaban J connectivity index is 2.50. The molecule has 0 fully saturated rings. The van der Waals surface area contributed by atoms with Gasteiger partial charge in [0.05, 0.1) is 10.5 Å². The molecule has 1 aromatic carbocycles. The summed E-state index contributed by atoms with van der Waals surface area (Å²) >= 11 is 1.32. The summed E-state index contributed by atoms with van der Waals surface area (Å²) < 4.78 is 0. The number of nitrogens with two attached hydrogens (primary N) is 1. The number of nitriles is 1. The van der Waals surface area contributed by atoms with E-state index in [0.717, 1.165) is 16.0 Å². The van der Waals surface area contributed by atoms with Gasteiger partial charge in [-0.05, 0) is 30.2 Å². The van der Waals surface area contributed by atoms with E-state index in [1.54, 1.807) is 12.1 Å². The van der Waals surface area contributed by atoms with Crippen LogP contribution in [0.1, 0.15) is 11.1 Å². The first-order valence-corrected chi connectivity index (χ1v) is 5.90. The quantitative estimate of drug-likeness (QED) is 0.662. The number of hydrogen-bond acceptors (Lipinski definition) is 5. The fourth-order valence-electron chi connectivity index (χ4n) is 1.68. The maximum Gasteiger partial charge on any atom is 0.269 e. The van der Waals surface area contributed by atoms with Crippen LogP contribution in [0.2, 0.25) is 0 Å². The molecule has 2 N–H and O–H groups in total. The van der Waals surface area contributed by atoms with Crippen LogP contribution in [-0.4, -0.2) is 4.92 Å². The summed E-state index contributed by atoms with van der Waals surface area (Å²) in [7, 11) is 0. The smallest absolute Gasteiger partial charge is 0.269 e. The third-order valence-electron chi connectivity index (χ3n) is 2.63. The Morgan fingerprint density at radius 2 is 2.00 bits per heavy atom. The predicted molar refractivity (Wildman–Crippen MR) is 70.3 cm³/mol. The van der Waals surface area contributed by atoms with Crippen molar-refractivity contribution in [2.75, 3.05) is 5.73 Å². The first kappa shape index (κ1) is 12.1. The number of hydrogen-bond donors (Lipinski definition) is 1. The molecule has 18 heavy (non-hydrogen) atoms. The van der Waals surface area contributed by atoms with E-state index in [2.05, 4.69) is 6.07 Å². The average Bonchev–Trinajstić information content (AvgIpc) is 2.64. The van der Waals surface area contributed by atoms with Crippen molar-refractivity contribution in [3.8, 4) is 16.5 Å². The van der Waals surface area contributed by atoms with E-state index in [-0.39, 0.29) is 5.69 Å². The molecule has 2 rings (SSSR count). The number of benzene rings is 1. The Bertz CT molecular complexity index is 653. The summed E-state index contributed by atoms with van der Waals surface area (Å²) in [4.78, 5) is 11.0. The van der Waals surface area contributed by atoms with Gasteiger partial charge in [0, 0.05) is 17.0 Å². The van der Waals surface area contributed by atoms with Gasteiger partial charge in [-0.25, -0.2) is 0 Å². The standard InChI is InChI=1S/C12H9N3O2S/c1-7-10(6-13)12(14)18-11(7)8-2-4-9(5-3-8)15(16)17/h2-5H,14H2,1H3. The van der Waals surface area contributed by atoms with E-state index in [9.17, 15) is 10.1 Å².